The Morgan fingerprint density at radius 2 is 2.00 bits per heavy atom. The van der Waals surface area contributed by atoms with Crippen LogP contribution in [0.15, 0.2) is 36.4 Å². The van der Waals surface area contributed by atoms with Gasteiger partial charge in [-0.05, 0) is 31.2 Å². The van der Waals surface area contributed by atoms with Gasteiger partial charge in [0.1, 0.15) is 12.4 Å². The van der Waals surface area contributed by atoms with E-state index in [0.29, 0.717) is 6.61 Å². The number of hydrogen-bond donors (Lipinski definition) is 1. The van der Waals surface area contributed by atoms with E-state index in [4.69, 9.17) is 4.74 Å². The topological polar surface area (TPSA) is 39.1 Å². The first-order valence-corrected chi connectivity index (χ1v) is 7.66. The molecule has 0 aliphatic carbocycles. The van der Waals surface area contributed by atoms with E-state index in [0.717, 1.165) is 30.8 Å². The number of ether oxygens (including phenoxy) is 1. The van der Waals surface area contributed by atoms with Crippen molar-refractivity contribution >= 4 is 0 Å². The van der Waals surface area contributed by atoms with Crippen LogP contribution in [0.25, 0.3) is 0 Å². The monoisotopic (exact) mass is 287 g/mol. The summed E-state index contributed by atoms with van der Waals surface area (Å²) < 4.78 is 7.85. The summed E-state index contributed by atoms with van der Waals surface area (Å²) in [7, 11) is 2.01. The fraction of sp³-hybridized carbons (Fsp3) is 0.471. The molecule has 1 aromatic heterocycles. The summed E-state index contributed by atoms with van der Waals surface area (Å²) in [5.41, 5.74) is 2.39. The number of likely N-dealkylation sites (N-methyl/N-ethyl adjacent to an activating group) is 1. The Labute approximate surface area is 127 Å². The minimum Gasteiger partial charge on any atom is -0.492 e. The van der Waals surface area contributed by atoms with Crippen LogP contribution >= 0.6 is 0 Å². The highest BCUT2D eigenvalue weighted by Gasteiger charge is 2.13. The largest absolute Gasteiger partial charge is 0.492 e. The van der Waals surface area contributed by atoms with Crippen molar-refractivity contribution in [2.45, 2.75) is 32.7 Å². The van der Waals surface area contributed by atoms with Crippen LogP contribution in [0.3, 0.4) is 0 Å². The van der Waals surface area contributed by atoms with E-state index in [-0.39, 0.29) is 6.04 Å². The second-order valence-electron chi connectivity index (χ2n) is 5.19. The highest BCUT2D eigenvalue weighted by Crippen LogP contribution is 2.11. The number of aryl methyl sites for hydroxylation is 2. The maximum absolute atomic E-state index is 5.87. The Bertz CT molecular complexity index is 536. The molecule has 1 unspecified atom stereocenters. The molecule has 0 saturated carbocycles. The normalized spacial score (nSPS) is 12.3. The summed E-state index contributed by atoms with van der Waals surface area (Å²) in [6, 6.07) is 12.4. The van der Waals surface area contributed by atoms with Crippen molar-refractivity contribution in [2.24, 2.45) is 7.05 Å². The number of nitrogens with one attached hydrogen (secondary N) is 1. The molecule has 0 amide bonds. The number of rotatable bonds is 8. The lowest BCUT2D eigenvalue weighted by Crippen LogP contribution is -2.37. The van der Waals surface area contributed by atoms with Gasteiger partial charge in [0.2, 0.25) is 0 Å². The lowest BCUT2D eigenvalue weighted by Gasteiger charge is -2.18. The third-order valence-electron chi connectivity index (χ3n) is 3.53. The zero-order chi connectivity index (χ0) is 15.1. The second-order valence-corrected chi connectivity index (χ2v) is 5.19. The van der Waals surface area contributed by atoms with Crippen LogP contribution < -0.4 is 10.1 Å². The van der Waals surface area contributed by atoms with E-state index in [1.165, 1.54) is 5.69 Å². The van der Waals surface area contributed by atoms with Crippen molar-refractivity contribution in [3.8, 4) is 5.75 Å². The van der Waals surface area contributed by atoms with Gasteiger partial charge in [0, 0.05) is 25.2 Å². The van der Waals surface area contributed by atoms with Gasteiger partial charge < -0.3 is 10.1 Å². The smallest absolute Gasteiger partial charge is 0.119 e. The second kappa shape index (κ2) is 7.84. The molecule has 2 rings (SSSR count). The molecule has 0 saturated heterocycles. The fourth-order valence-corrected chi connectivity index (χ4v) is 2.38. The fourth-order valence-electron chi connectivity index (χ4n) is 2.38. The van der Waals surface area contributed by atoms with E-state index in [1.54, 1.807) is 0 Å². The maximum Gasteiger partial charge on any atom is 0.119 e. The third-order valence-corrected chi connectivity index (χ3v) is 3.53. The summed E-state index contributed by atoms with van der Waals surface area (Å²) >= 11 is 0. The number of benzene rings is 1. The van der Waals surface area contributed by atoms with Crippen molar-refractivity contribution in [2.75, 3.05) is 13.2 Å². The van der Waals surface area contributed by atoms with Gasteiger partial charge in [-0.15, -0.1) is 0 Å². The Balaban J connectivity index is 1.96. The minimum absolute atomic E-state index is 0.287. The van der Waals surface area contributed by atoms with Crippen molar-refractivity contribution in [1.82, 2.24) is 15.1 Å². The van der Waals surface area contributed by atoms with Gasteiger partial charge in [0.25, 0.3) is 0 Å². The molecule has 114 valence electrons. The van der Waals surface area contributed by atoms with E-state index in [2.05, 4.69) is 30.3 Å². The predicted molar refractivity (Wildman–Crippen MR) is 85.7 cm³/mol. The van der Waals surface area contributed by atoms with Crippen LogP contribution in [0.4, 0.5) is 0 Å². The molecule has 0 spiro atoms. The van der Waals surface area contributed by atoms with Gasteiger partial charge in [-0.3, -0.25) is 4.68 Å². The third kappa shape index (κ3) is 4.60. The molecule has 1 N–H and O–H groups in total. The summed E-state index contributed by atoms with van der Waals surface area (Å²) in [6.07, 6.45) is 1.89. The first-order chi connectivity index (χ1) is 10.2. The molecule has 2 aromatic rings. The number of hydrogen-bond acceptors (Lipinski definition) is 3. The summed E-state index contributed by atoms with van der Waals surface area (Å²) in [5, 5.41) is 8.00. The van der Waals surface area contributed by atoms with Crippen LogP contribution in [0, 0.1) is 0 Å². The number of aromatic nitrogens is 2. The highest BCUT2D eigenvalue weighted by atomic mass is 16.5. The number of para-hydroxylation sites is 1. The van der Waals surface area contributed by atoms with Crippen molar-refractivity contribution < 1.29 is 4.74 Å². The van der Waals surface area contributed by atoms with Crippen LogP contribution in [-0.2, 0) is 19.9 Å². The quantitative estimate of drug-likeness (QED) is 0.811. The average Bonchev–Trinajstić information content (AvgIpc) is 2.86. The van der Waals surface area contributed by atoms with Gasteiger partial charge in [0.05, 0.1) is 5.69 Å². The summed E-state index contributed by atoms with van der Waals surface area (Å²) in [4.78, 5) is 0. The molecule has 0 radical (unpaired) electrons. The lowest BCUT2D eigenvalue weighted by atomic mass is 10.1. The molecular weight excluding hydrogens is 262 g/mol. The summed E-state index contributed by atoms with van der Waals surface area (Å²) in [5.74, 6) is 0.916. The molecular formula is C17H25N3O. The van der Waals surface area contributed by atoms with Crippen molar-refractivity contribution in [3.63, 3.8) is 0 Å². The first kappa shape index (κ1) is 15.6. The Hall–Kier alpha value is -1.81. The molecule has 0 aliphatic rings. The Morgan fingerprint density at radius 3 is 2.62 bits per heavy atom. The zero-order valence-electron chi connectivity index (χ0n) is 13.2. The van der Waals surface area contributed by atoms with Crippen molar-refractivity contribution in [3.05, 3.63) is 47.8 Å². The summed E-state index contributed by atoms with van der Waals surface area (Å²) in [6.45, 7) is 5.84. The first-order valence-electron chi connectivity index (χ1n) is 7.66. The Morgan fingerprint density at radius 1 is 1.24 bits per heavy atom. The van der Waals surface area contributed by atoms with Gasteiger partial charge in [-0.2, -0.15) is 5.10 Å². The number of nitrogens with zero attached hydrogens (tertiary/aromatic N) is 2. The molecule has 1 heterocycles. The molecule has 0 bridgehead atoms. The van der Waals surface area contributed by atoms with Gasteiger partial charge in [-0.25, -0.2) is 0 Å². The van der Waals surface area contributed by atoms with Crippen molar-refractivity contribution in [1.29, 1.82) is 0 Å². The van der Waals surface area contributed by atoms with Gasteiger partial charge in [-0.1, -0.05) is 32.0 Å². The van der Waals surface area contributed by atoms with Crippen LogP contribution in [-0.4, -0.2) is 29.0 Å². The molecule has 0 fully saturated rings. The van der Waals surface area contributed by atoms with E-state index in [9.17, 15) is 0 Å². The van der Waals surface area contributed by atoms with Crippen LogP contribution in [0.2, 0.25) is 0 Å². The molecule has 1 aromatic carbocycles. The van der Waals surface area contributed by atoms with Gasteiger partial charge >= 0.3 is 0 Å². The average molecular weight is 287 g/mol. The standard InChI is InChI=1S/C17H25N3O/c1-4-14-11-16(20(3)19-14)12-15(18-5-2)13-21-17-9-7-6-8-10-17/h6-11,15,18H,4-5,12-13H2,1-3H3. The van der Waals surface area contributed by atoms with Crippen LogP contribution in [0.1, 0.15) is 25.2 Å². The lowest BCUT2D eigenvalue weighted by molar-refractivity contribution is 0.263. The van der Waals surface area contributed by atoms with E-state index in [1.807, 2.05) is 42.1 Å². The molecule has 0 aliphatic heterocycles. The highest BCUT2D eigenvalue weighted by molar-refractivity contribution is 5.21. The molecule has 21 heavy (non-hydrogen) atoms. The van der Waals surface area contributed by atoms with Crippen LogP contribution in [0.5, 0.6) is 5.75 Å². The van der Waals surface area contributed by atoms with E-state index < -0.39 is 0 Å². The minimum atomic E-state index is 0.287. The zero-order valence-corrected chi connectivity index (χ0v) is 13.2. The van der Waals surface area contributed by atoms with E-state index >= 15 is 0 Å². The predicted octanol–water partition coefficient (Wildman–Crippen LogP) is 2.58. The molecule has 4 nitrogen and oxygen atoms in total. The maximum atomic E-state index is 5.87. The molecule has 4 heteroatoms. The molecule has 1 atom stereocenters. The SMILES string of the molecule is CCNC(COc1ccccc1)Cc1cc(CC)nn1C. The Kier molecular flexibility index (Phi) is 5.81. The van der Waals surface area contributed by atoms with Gasteiger partial charge in [0.15, 0.2) is 0 Å².